The van der Waals surface area contributed by atoms with Crippen molar-refractivity contribution in [1.29, 1.82) is 0 Å². The maximum atomic E-state index is 12.2. The standard InChI is InChI=1S/C16H21ClN2O2/c1-16(12-3-2-8-18-9-12)11-19(15(20)10-21-16)14-6-4-13(17)5-7-14/h4-7,12,18H,2-3,8-11H2,1H3. The quantitative estimate of drug-likeness (QED) is 0.912. The van der Waals surface area contributed by atoms with Crippen molar-refractivity contribution in [2.75, 3.05) is 31.1 Å². The molecule has 2 atom stereocenters. The molecule has 4 nitrogen and oxygen atoms in total. The van der Waals surface area contributed by atoms with Crippen LogP contribution in [0.3, 0.4) is 0 Å². The van der Waals surface area contributed by atoms with Crippen LogP contribution in [-0.2, 0) is 9.53 Å². The molecule has 2 fully saturated rings. The van der Waals surface area contributed by atoms with Crippen LogP contribution < -0.4 is 10.2 Å². The van der Waals surface area contributed by atoms with Crippen molar-refractivity contribution >= 4 is 23.2 Å². The van der Waals surface area contributed by atoms with E-state index in [9.17, 15) is 4.79 Å². The number of carbonyl (C=O) groups is 1. The average Bonchev–Trinajstić information content (AvgIpc) is 2.52. The Balaban J connectivity index is 1.80. The lowest BCUT2D eigenvalue weighted by molar-refractivity contribution is -0.144. The van der Waals surface area contributed by atoms with Crippen LogP contribution in [0.5, 0.6) is 0 Å². The number of benzene rings is 1. The molecule has 2 saturated heterocycles. The maximum absolute atomic E-state index is 12.2. The summed E-state index contributed by atoms with van der Waals surface area (Å²) in [6.45, 7) is 4.90. The zero-order chi connectivity index (χ0) is 14.9. The largest absolute Gasteiger partial charge is 0.363 e. The Morgan fingerprint density at radius 1 is 1.38 bits per heavy atom. The van der Waals surface area contributed by atoms with E-state index in [4.69, 9.17) is 16.3 Å². The molecular weight excluding hydrogens is 288 g/mol. The molecule has 21 heavy (non-hydrogen) atoms. The predicted octanol–water partition coefficient (Wildman–Crippen LogP) is 2.46. The molecule has 3 rings (SSSR count). The molecule has 0 bridgehead atoms. The smallest absolute Gasteiger partial charge is 0.253 e. The Labute approximate surface area is 130 Å². The first-order valence-electron chi connectivity index (χ1n) is 7.49. The van der Waals surface area contributed by atoms with Crippen molar-refractivity contribution in [3.63, 3.8) is 0 Å². The molecule has 1 amide bonds. The molecular formula is C16H21ClN2O2. The van der Waals surface area contributed by atoms with Crippen molar-refractivity contribution in [3.05, 3.63) is 29.3 Å². The molecule has 1 aromatic rings. The van der Waals surface area contributed by atoms with Crippen LogP contribution in [0.4, 0.5) is 5.69 Å². The second kappa shape index (κ2) is 5.95. The molecule has 1 N–H and O–H groups in total. The third-order valence-corrected chi connectivity index (χ3v) is 4.85. The van der Waals surface area contributed by atoms with E-state index in [1.165, 1.54) is 6.42 Å². The lowest BCUT2D eigenvalue weighted by Gasteiger charge is -2.46. The minimum Gasteiger partial charge on any atom is -0.363 e. The van der Waals surface area contributed by atoms with Gasteiger partial charge in [0.1, 0.15) is 6.61 Å². The monoisotopic (exact) mass is 308 g/mol. The topological polar surface area (TPSA) is 41.6 Å². The molecule has 2 unspecified atom stereocenters. The van der Waals surface area contributed by atoms with Gasteiger partial charge >= 0.3 is 0 Å². The normalized spacial score (nSPS) is 30.5. The fourth-order valence-electron chi connectivity index (χ4n) is 3.23. The summed E-state index contributed by atoms with van der Waals surface area (Å²) in [7, 11) is 0. The molecule has 2 heterocycles. The lowest BCUT2D eigenvalue weighted by atomic mass is 9.82. The van der Waals surface area contributed by atoms with Gasteiger partial charge in [0.2, 0.25) is 0 Å². The Bertz CT molecular complexity index is 514. The predicted molar refractivity (Wildman–Crippen MR) is 83.8 cm³/mol. The zero-order valence-electron chi connectivity index (χ0n) is 12.3. The minimum absolute atomic E-state index is 0.0126. The van der Waals surface area contributed by atoms with Crippen molar-refractivity contribution in [2.24, 2.45) is 5.92 Å². The van der Waals surface area contributed by atoms with Crippen LogP contribution in [0.2, 0.25) is 5.02 Å². The SMILES string of the molecule is CC1(C2CCCNC2)CN(c2ccc(Cl)cc2)C(=O)CO1. The van der Waals surface area contributed by atoms with Crippen molar-refractivity contribution < 1.29 is 9.53 Å². The van der Waals surface area contributed by atoms with Gasteiger partial charge in [-0.1, -0.05) is 11.6 Å². The molecule has 0 spiro atoms. The third-order valence-electron chi connectivity index (χ3n) is 4.60. The second-order valence-electron chi connectivity index (χ2n) is 6.10. The van der Waals surface area contributed by atoms with E-state index in [2.05, 4.69) is 12.2 Å². The number of piperidine rings is 1. The van der Waals surface area contributed by atoms with E-state index >= 15 is 0 Å². The van der Waals surface area contributed by atoms with Gasteiger partial charge in [0, 0.05) is 23.2 Å². The van der Waals surface area contributed by atoms with E-state index < -0.39 is 0 Å². The van der Waals surface area contributed by atoms with E-state index in [0.717, 1.165) is 25.2 Å². The molecule has 0 aliphatic carbocycles. The summed E-state index contributed by atoms with van der Waals surface area (Å²) >= 11 is 5.93. The highest BCUT2D eigenvalue weighted by molar-refractivity contribution is 6.30. The third kappa shape index (κ3) is 3.07. The van der Waals surface area contributed by atoms with E-state index in [1.54, 1.807) is 0 Å². The summed E-state index contributed by atoms with van der Waals surface area (Å²) in [6.07, 6.45) is 2.31. The van der Waals surface area contributed by atoms with Crippen LogP contribution in [0, 0.1) is 5.92 Å². The summed E-state index contributed by atoms with van der Waals surface area (Å²) in [5.74, 6) is 0.452. The molecule has 2 aliphatic heterocycles. The van der Waals surface area contributed by atoms with Gasteiger partial charge in [-0.2, -0.15) is 0 Å². The van der Waals surface area contributed by atoms with Crippen LogP contribution in [-0.4, -0.2) is 37.7 Å². The number of hydrogen-bond acceptors (Lipinski definition) is 3. The second-order valence-corrected chi connectivity index (χ2v) is 6.54. The highest BCUT2D eigenvalue weighted by atomic mass is 35.5. The highest BCUT2D eigenvalue weighted by Gasteiger charge is 2.42. The number of amides is 1. The first-order chi connectivity index (χ1) is 10.1. The van der Waals surface area contributed by atoms with Crippen molar-refractivity contribution in [2.45, 2.75) is 25.4 Å². The summed E-state index contributed by atoms with van der Waals surface area (Å²) in [4.78, 5) is 14.0. The van der Waals surface area contributed by atoms with Crippen LogP contribution >= 0.6 is 11.6 Å². The molecule has 0 saturated carbocycles. The van der Waals surface area contributed by atoms with Gasteiger partial charge in [0.25, 0.3) is 5.91 Å². The fraction of sp³-hybridized carbons (Fsp3) is 0.562. The van der Waals surface area contributed by atoms with Gasteiger partial charge in [-0.15, -0.1) is 0 Å². The van der Waals surface area contributed by atoms with Gasteiger partial charge in [-0.05, 0) is 50.6 Å². The highest BCUT2D eigenvalue weighted by Crippen LogP contribution is 2.33. The van der Waals surface area contributed by atoms with Crippen LogP contribution in [0.1, 0.15) is 19.8 Å². The molecule has 2 aliphatic rings. The van der Waals surface area contributed by atoms with Gasteiger partial charge in [-0.25, -0.2) is 0 Å². The van der Waals surface area contributed by atoms with Gasteiger partial charge in [0.05, 0.1) is 12.1 Å². The Kier molecular flexibility index (Phi) is 4.20. The van der Waals surface area contributed by atoms with E-state index in [-0.39, 0.29) is 18.1 Å². The Hall–Kier alpha value is -1.10. The van der Waals surface area contributed by atoms with E-state index in [1.807, 2.05) is 29.2 Å². The van der Waals surface area contributed by atoms with Gasteiger partial charge in [0.15, 0.2) is 0 Å². The number of anilines is 1. The number of halogens is 1. The fourth-order valence-corrected chi connectivity index (χ4v) is 3.35. The summed E-state index contributed by atoms with van der Waals surface area (Å²) in [5, 5.41) is 4.11. The zero-order valence-corrected chi connectivity index (χ0v) is 13.0. The first kappa shape index (κ1) is 14.8. The maximum Gasteiger partial charge on any atom is 0.253 e. The number of morpholine rings is 1. The van der Waals surface area contributed by atoms with E-state index in [0.29, 0.717) is 17.5 Å². The van der Waals surface area contributed by atoms with Crippen molar-refractivity contribution in [1.82, 2.24) is 5.32 Å². The average molecular weight is 309 g/mol. The minimum atomic E-state index is -0.291. The molecule has 0 aromatic heterocycles. The summed E-state index contributed by atoms with van der Waals surface area (Å²) in [6, 6.07) is 7.43. The number of nitrogens with one attached hydrogen (secondary N) is 1. The number of nitrogens with zero attached hydrogens (tertiary/aromatic N) is 1. The molecule has 114 valence electrons. The Morgan fingerprint density at radius 3 is 2.81 bits per heavy atom. The number of hydrogen-bond donors (Lipinski definition) is 1. The molecule has 5 heteroatoms. The van der Waals surface area contributed by atoms with Gasteiger partial charge in [-0.3, -0.25) is 4.79 Å². The molecule has 0 radical (unpaired) electrons. The molecule has 1 aromatic carbocycles. The number of carbonyl (C=O) groups excluding carboxylic acids is 1. The van der Waals surface area contributed by atoms with Crippen LogP contribution in [0.25, 0.3) is 0 Å². The first-order valence-corrected chi connectivity index (χ1v) is 7.87. The number of rotatable bonds is 2. The Morgan fingerprint density at radius 2 is 2.14 bits per heavy atom. The van der Waals surface area contributed by atoms with Crippen molar-refractivity contribution in [3.8, 4) is 0 Å². The van der Waals surface area contributed by atoms with Gasteiger partial charge < -0.3 is 15.0 Å². The number of ether oxygens (including phenoxy) is 1. The summed E-state index contributed by atoms with van der Waals surface area (Å²) < 4.78 is 5.94. The summed E-state index contributed by atoms with van der Waals surface area (Å²) in [5.41, 5.74) is 0.601. The van der Waals surface area contributed by atoms with Crippen LogP contribution in [0.15, 0.2) is 24.3 Å². The lowest BCUT2D eigenvalue weighted by Crippen LogP contribution is -2.59.